The van der Waals surface area contributed by atoms with Crippen molar-refractivity contribution >= 4 is 23.5 Å². The fraction of sp³-hybridized carbons (Fsp3) is 0.692. The van der Waals surface area contributed by atoms with E-state index in [4.69, 9.17) is 0 Å². The maximum Gasteiger partial charge on any atom is 0.224 e. The standard InChI is InChI=1S/C13H22N4S/c1-9-8-15-13(14-2)17-12(9)16-10-4-6-11(18-3)7-5-10/h8,10-11H,4-7H2,1-3H3,(H2,14,15,16,17). The summed E-state index contributed by atoms with van der Waals surface area (Å²) >= 11 is 2.00. The third-order valence-electron chi connectivity index (χ3n) is 3.54. The third-order valence-corrected chi connectivity index (χ3v) is 4.68. The molecule has 1 aromatic rings. The predicted molar refractivity (Wildman–Crippen MR) is 79.5 cm³/mol. The molecule has 0 radical (unpaired) electrons. The van der Waals surface area contributed by atoms with Crippen molar-refractivity contribution in [1.29, 1.82) is 0 Å². The van der Waals surface area contributed by atoms with Crippen molar-refractivity contribution in [3.63, 3.8) is 0 Å². The minimum Gasteiger partial charge on any atom is -0.367 e. The smallest absolute Gasteiger partial charge is 0.224 e. The lowest BCUT2D eigenvalue weighted by Crippen LogP contribution is -2.27. The first kappa shape index (κ1) is 13.5. The molecule has 18 heavy (non-hydrogen) atoms. The van der Waals surface area contributed by atoms with E-state index in [2.05, 4.69) is 33.8 Å². The van der Waals surface area contributed by atoms with E-state index in [1.54, 1.807) is 0 Å². The van der Waals surface area contributed by atoms with E-state index in [-0.39, 0.29) is 0 Å². The van der Waals surface area contributed by atoms with Gasteiger partial charge in [0.25, 0.3) is 0 Å². The molecule has 1 saturated carbocycles. The van der Waals surface area contributed by atoms with E-state index in [0.717, 1.165) is 16.6 Å². The first-order valence-electron chi connectivity index (χ1n) is 6.53. The van der Waals surface area contributed by atoms with E-state index >= 15 is 0 Å². The molecule has 1 aliphatic rings. The van der Waals surface area contributed by atoms with Crippen LogP contribution in [0.3, 0.4) is 0 Å². The third kappa shape index (κ3) is 3.28. The molecule has 0 bridgehead atoms. The van der Waals surface area contributed by atoms with Gasteiger partial charge in [-0.3, -0.25) is 0 Å². The molecule has 1 aliphatic carbocycles. The van der Waals surface area contributed by atoms with Gasteiger partial charge in [0.05, 0.1) is 0 Å². The summed E-state index contributed by atoms with van der Waals surface area (Å²) in [6.07, 6.45) is 9.18. The Kier molecular flexibility index (Phi) is 4.69. The van der Waals surface area contributed by atoms with Crippen LogP contribution in [-0.4, -0.2) is 34.6 Å². The molecular weight excluding hydrogens is 244 g/mol. The minimum atomic E-state index is 0.562. The molecule has 2 N–H and O–H groups in total. The highest BCUT2D eigenvalue weighted by atomic mass is 32.2. The second-order valence-corrected chi connectivity index (χ2v) is 5.97. The maximum atomic E-state index is 4.49. The summed E-state index contributed by atoms with van der Waals surface area (Å²) in [7, 11) is 1.85. The molecule has 100 valence electrons. The van der Waals surface area contributed by atoms with Gasteiger partial charge in [0.15, 0.2) is 0 Å². The Morgan fingerprint density at radius 1 is 1.28 bits per heavy atom. The van der Waals surface area contributed by atoms with Crippen LogP contribution in [0.5, 0.6) is 0 Å². The van der Waals surface area contributed by atoms with Crippen molar-refractivity contribution in [3.05, 3.63) is 11.8 Å². The molecule has 0 atom stereocenters. The molecule has 0 saturated heterocycles. The van der Waals surface area contributed by atoms with Gasteiger partial charge in [0, 0.05) is 30.1 Å². The van der Waals surface area contributed by atoms with Crippen LogP contribution in [0, 0.1) is 6.92 Å². The first-order chi connectivity index (χ1) is 8.72. The van der Waals surface area contributed by atoms with Crippen molar-refractivity contribution in [2.24, 2.45) is 0 Å². The molecule has 5 heteroatoms. The van der Waals surface area contributed by atoms with Gasteiger partial charge >= 0.3 is 0 Å². The van der Waals surface area contributed by atoms with Crippen LogP contribution in [0.2, 0.25) is 0 Å². The van der Waals surface area contributed by atoms with Gasteiger partial charge in [0.2, 0.25) is 5.95 Å². The molecule has 4 nitrogen and oxygen atoms in total. The molecule has 0 aliphatic heterocycles. The average Bonchev–Trinajstić information content (AvgIpc) is 2.42. The molecule has 2 rings (SSSR count). The minimum absolute atomic E-state index is 0.562. The van der Waals surface area contributed by atoms with Crippen molar-refractivity contribution < 1.29 is 0 Å². The molecule has 0 spiro atoms. The number of aromatic nitrogens is 2. The largest absolute Gasteiger partial charge is 0.367 e. The van der Waals surface area contributed by atoms with Crippen LogP contribution in [0.25, 0.3) is 0 Å². The fourth-order valence-corrected chi connectivity index (χ4v) is 3.09. The second kappa shape index (κ2) is 6.27. The average molecular weight is 266 g/mol. The highest BCUT2D eigenvalue weighted by Crippen LogP contribution is 2.28. The van der Waals surface area contributed by atoms with E-state index in [0.29, 0.717) is 12.0 Å². The number of aryl methyl sites for hydroxylation is 1. The highest BCUT2D eigenvalue weighted by molar-refractivity contribution is 7.99. The summed E-state index contributed by atoms with van der Waals surface area (Å²) in [6, 6.07) is 0.562. The van der Waals surface area contributed by atoms with E-state index in [9.17, 15) is 0 Å². The normalized spacial score (nSPS) is 23.7. The van der Waals surface area contributed by atoms with Crippen molar-refractivity contribution in [3.8, 4) is 0 Å². The van der Waals surface area contributed by atoms with Gasteiger partial charge in [0.1, 0.15) is 5.82 Å². The van der Waals surface area contributed by atoms with E-state index in [1.807, 2.05) is 25.0 Å². The van der Waals surface area contributed by atoms with Crippen molar-refractivity contribution in [2.45, 2.75) is 43.9 Å². The van der Waals surface area contributed by atoms with Gasteiger partial charge < -0.3 is 10.6 Å². The van der Waals surface area contributed by atoms with Gasteiger partial charge in [-0.05, 0) is 38.9 Å². The highest BCUT2D eigenvalue weighted by Gasteiger charge is 2.21. The Balaban J connectivity index is 1.97. The van der Waals surface area contributed by atoms with Crippen LogP contribution in [0.1, 0.15) is 31.2 Å². The maximum absolute atomic E-state index is 4.49. The molecule has 1 heterocycles. The van der Waals surface area contributed by atoms with Gasteiger partial charge in [-0.25, -0.2) is 4.98 Å². The number of nitrogens with zero attached hydrogens (tertiary/aromatic N) is 2. The predicted octanol–water partition coefficient (Wildman–Crippen LogP) is 2.91. The summed E-state index contributed by atoms with van der Waals surface area (Å²) in [5, 5.41) is 7.40. The summed E-state index contributed by atoms with van der Waals surface area (Å²) in [5.74, 6) is 1.66. The Bertz CT molecular complexity index is 389. The zero-order valence-electron chi connectivity index (χ0n) is 11.4. The first-order valence-corrected chi connectivity index (χ1v) is 7.82. The fourth-order valence-electron chi connectivity index (χ4n) is 2.34. The number of hydrogen-bond donors (Lipinski definition) is 2. The monoisotopic (exact) mass is 266 g/mol. The van der Waals surface area contributed by atoms with Gasteiger partial charge in [-0.1, -0.05) is 0 Å². The Hall–Kier alpha value is -0.970. The van der Waals surface area contributed by atoms with E-state index < -0.39 is 0 Å². The lowest BCUT2D eigenvalue weighted by Gasteiger charge is -2.28. The summed E-state index contributed by atoms with van der Waals surface area (Å²) in [4.78, 5) is 8.70. The van der Waals surface area contributed by atoms with Crippen LogP contribution in [-0.2, 0) is 0 Å². The topological polar surface area (TPSA) is 49.8 Å². The number of rotatable bonds is 4. The van der Waals surface area contributed by atoms with E-state index in [1.165, 1.54) is 25.7 Å². The molecule has 1 aromatic heterocycles. The quantitative estimate of drug-likeness (QED) is 0.877. The van der Waals surface area contributed by atoms with Crippen LogP contribution in [0.4, 0.5) is 11.8 Å². The number of anilines is 2. The number of hydrogen-bond acceptors (Lipinski definition) is 5. The van der Waals surface area contributed by atoms with Gasteiger partial charge in [-0.15, -0.1) is 0 Å². The van der Waals surface area contributed by atoms with Gasteiger partial charge in [-0.2, -0.15) is 16.7 Å². The molecule has 1 fully saturated rings. The van der Waals surface area contributed by atoms with Crippen LogP contribution >= 0.6 is 11.8 Å². The number of thioether (sulfide) groups is 1. The zero-order valence-corrected chi connectivity index (χ0v) is 12.2. The summed E-state index contributed by atoms with van der Waals surface area (Å²) in [6.45, 7) is 2.05. The molecule has 0 unspecified atom stereocenters. The lowest BCUT2D eigenvalue weighted by atomic mass is 9.95. The summed E-state index contributed by atoms with van der Waals surface area (Å²) < 4.78 is 0. The molecule has 0 amide bonds. The lowest BCUT2D eigenvalue weighted by molar-refractivity contribution is 0.472. The van der Waals surface area contributed by atoms with Crippen molar-refractivity contribution in [2.75, 3.05) is 23.9 Å². The number of nitrogens with one attached hydrogen (secondary N) is 2. The summed E-state index contributed by atoms with van der Waals surface area (Å²) in [5.41, 5.74) is 1.11. The zero-order chi connectivity index (χ0) is 13.0. The Morgan fingerprint density at radius 2 is 2.00 bits per heavy atom. The SMILES string of the molecule is CNc1ncc(C)c(NC2CCC(SC)CC2)n1. The Morgan fingerprint density at radius 3 is 2.61 bits per heavy atom. The van der Waals surface area contributed by atoms with Crippen molar-refractivity contribution in [1.82, 2.24) is 9.97 Å². The Labute approximate surface area is 113 Å². The van der Waals surface area contributed by atoms with Crippen LogP contribution < -0.4 is 10.6 Å². The molecule has 0 aromatic carbocycles. The molecular formula is C13H22N4S. The second-order valence-electron chi connectivity index (χ2n) is 4.83. The van der Waals surface area contributed by atoms with Crippen LogP contribution in [0.15, 0.2) is 6.20 Å².